The van der Waals surface area contributed by atoms with Crippen LogP contribution in [0.5, 0.6) is 0 Å². The number of carbonyl (C=O) groups is 1. The summed E-state index contributed by atoms with van der Waals surface area (Å²) >= 11 is 0. The number of terminal acetylenes is 1. The number of hydrogen-bond donors (Lipinski definition) is 2. The van der Waals surface area contributed by atoms with E-state index in [-0.39, 0.29) is 0 Å². The first kappa shape index (κ1) is 9.35. The zero-order valence-electron chi connectivity index (χ0n) is 7.94. The molecule has 14 heavy (non-hydrogen) atoms. The third-order valence-corrected chi connectivity index (χ3v) is 3.17. The van der Waals surface area contributed by atoms with Crippen LogP contribution in [-0.2, 0) is 0 Å². The molecule has 0 bridgehead atoms. The third kappa shape index (κ3) is 1.68. The zero-order chi connectivity index (χ0) is 10.1. The molecule has 1 amide bonds. The summed E-state index contributed by atoms with van der Waals surface area (Å²) in [6.07, 6.45) is 4.40. The lowest BCUT2D eigenvalue weighted by atomic mass is 10.3. The zero-order valence-corrected chi connectivity index (χ0v) is 7.94. The van der Waals surface area contributed by atoms with Gasteiger partial charge in [-0.1, -0.05) is 0 Å². The second kappa shape index (κ2) is 3.50. The molecule has 1 saturated heterocycles. The molecule has 76 valence electrons. The summed E-state index contributed by atoms with van der Waals surface area (Å²) in [5.41, 5.74) is 0. The van der Waals surface area contributed by atoms with E-state index in [2.05, 4.69) is 16.1 Å². The number of carboxylic acid groups (broad SMARTS) is 1. The second-order valence-corrected chi connectivity index (χ2v) is 4.01. The number of amides is 1. The Morgan fingerprint density at radius 2 is 2.21 bits per heavy atom. The van der Waals surface area contributed by atoms with Crippen molar-refractivity contribution in [3.8, 4) is 12.3 Å². The van der Waals surface area contributed by atoms with Gasteiger partial charge in [0.15, 0.2) is 0 Å². The van der Waals surface area contributed by atoms with Crippen molar-refractivity contribution in [2.75, 3.05) is 26.2 Å². The molecule has 1 aliphatic carbocycles. The summed E-state index contributed by atoms with van der Waals surface area (Å²) in [5.74, 6) is 4.67. The minimum Gasteiger partial charge on any atom is -0.465 e. The van der Waals surface area contributed by atoms with Gasteiger partial charge in [0.25, 0.3) is 0 Å². The van der Waals surface area contributed by atoms with E-state index in [0.717, 1.165) is 19.6 Å². The maximum atomic E-state index is 10.2. The largest absolute Gasteiger partial charge is 0.465 e. The summed E-state index contributed by atoms with van der Waals surface area (Å²) in [6, 6.07) is 0. The van der Waals surface area contributed by atoms with Crippen molar-refractivity contribution in [3.63, 3.8) is 0 Å². The Hall–Kier alpha value is -1.21. The van der Waals surface area contributed by atoms with Crippen LogP contribution in [-0.4, -0.2) is 42.3 Å². The molecular weight excluding hydrogens is 180 g/mol. The van der Waals surface area contributed by atoms with E-state index in [1.165, 1.54) is 0 Å². The number of fused-ring (bicyclic) bond motifs is 1. The quantitative estimate of drug-likeness (QED) is 0.625. The maximum Gasteiger partial charge on any atom is 0.404 e. The lowest BCUT2D eigenvalue weighted by molar-refractivity contribution is 0.191. The summed E-state index contributed by atoms with van der Waals surface area (Å²) in [7, 11) is 0. The van der Waals surface area contributed by atoms with E-state index >= 15 is 0 Å². The summed E-state index contributed by atoms with van der Waals surface area (Å²) in [5, 5.41) is 10.7. The third-order valence-electron chi connectivity index (χ3n) is 3.17. The number of nitrogens with one attached hydrogen (secondary N) is 1. The molecular formula is C10H14N2O2. The van der Waals surface area contributed by atoms with Gasteiger partial charge in [0.1, 0.15) is 0 Å². The van der Waals surface area contributed by atoms with E-state index in [1.807, 2.05) is 0 Å². The van der Waals surface area contributed by atoms with Crippen LogP contribution in [0.25, 0.3) is 0 Å². The fourth-order valence-electron chi connectivity index (χ4n) is 2.36. The molecule has 1 heterocycles. The highest BCUT2D eigenvalue weighted by Gasteiger charge is 2.54. The van der Waals surface area contributed by atoms with E-state index in [4.69, 9.17) is 11.5 Å². The topological polar surface area (TPSA) is 52.6 Å². The van der Waals surface area contributed by atoms with Crippen LogP contribution in [0.1, 0.15) is 0 Å². The molecule has 4 nitrogen and oxygen atoms in total. The smallest absolute Gasteiger partial charge is 0.404 e. The van der Waals surface area contributed by atoms with Crippen molar-refractivity contribution in [2.45, 2.75) is 0 Å². The standard InChI is InChI=1S/C10H14N2O2/c1-2-7-8-5-12(6-9(7)8)4-3-11-10(13)14/h1,7-9,11H,3-6H2,(H,13,14)/t7-,8+,9-. The molecule has 2 aliphatic rings. The van der Waals surface area contributed by atoms with E-state index < -0.39 is 6.09 Å². The first-order valence-corrected chi connectivity index (χ1v) is 4.87. The lowest BCUT2D eigenvalue weighted by Crippen LogP contribution is -2.34. The number of piperidine rings is 1. The van der Waals surface area contributed by atoms with Crippen LogP contribution in [0.15, 0.2) is 0 Å². The minimum absolute atomic E-state index is 0.499. The Bertz CT molecular complexity index is 272. The average Bonchev–Trinajstić information content (AvgIpc) is 2.60. The number of hydrogen-bond acceptors (Lipinski definition) is 2. The van der Waals surface area contributed by atoms with Crippen LogP contribution in [0.2, 0.25) is 0 Å². The molecule has 2 N–H and O–H groups in total. The van der Waals surface area contributed by atoms with Crippen molar-refractivity contribution in [2.24, 2.45) is 17.8 Å². The van der Waals surface area contributed by atoms with Crippen molar-refractivity contribution in [3.05, 3.63) is 0 Å². The molecule has 0 spiro atoms. The summed E-state index contributed by atoms with van der Waals surface area (Å²) in [6.45, 7) is 3.40. The monoisotopic (exact) mass is 194 g/mol. The van der Waals surface area contributed by atoms with Gasteiger partial charge < -0.3 is 15.3 Å². The first-order valence-electron chi connectivity index (χ1n) is 4.87. The molecule has 3 atom stereocenters. The van der Waals surface area contributed by atoms with Crippen LogP contribution in [0.4, 0.5) is 4.79 Å². The molecule has 4 heteroatoms. The normalized spacial score (nSPS) is 34.6. The van der Waals surface area contributed by atoms with Gasteiger partial charge in [-0.25, -0.2) is 4.79 Å². The fraction of sp³-hybridized carbons (Fsp3) is 0.700. The van der Waals surface area contributed by atoms with Crippen molar-refractivity contribution < 1.29 is 9.90 Å². The van der Waals surface area contributed by atoms with Gasteiger partial charge in [0, 0.05) is 32.1 Å². The van der Waals surface area contributed by atoms with E-state index in [0.29, 0.717) is 24.3 Å². The Balaban J connectivity index is 1.64. The van der Waals surface area contributed by atoms with Gasteiger partial charge in [0.2, 0.25) is 0 Å². The second-order valence-electron chi connectivity index (χ2n) is 4.01. The highest BCUT2D eigenvalue weighted by atomic mass is 16.4. The lowest BCUT2D eigenvalue weighted by Gasteiger charge is -2.17. The Morgan fingerprint density at radius 1 is 1.57 bits per heavy atom. The van der Waals surface area contributed by atoms with Gasteiger partial charge in [-0.15, -0.1) is 12.3 Å². The average molecular weight is 194 g/mol. The molecule has 1 aliphatic heterocycles. The van der Waals surface area contributed by atoms with Gasteiger partial charge in [-0.3, -0.25) is 0 Å². The van der Waals surface area contributed by atoms with Gasteiger partial charge in [0.05, 0.1) is 0 Å². The fourth-order valence-corrected chi connectivity index (χ4v) is 2.36. The predicted molar refractivity (Wildman–Crippen MR) is 51.8 cm³/mol. The minimum atomic E-state index is -0.948. The molecule has 0 aromatic carbocycles. The van der Waals surface area contributed by atoms with Crippen LogP contribution < -0.4 is 5.32 Å². The van der Waals surface area contributed by atoms with Gasteiger partial charge in [-0.05, 0) is 11.8 Å². The molecule has 2 rings (SSSR count). The Kier molecular flexibility index (Phi) is 2.34. The number of nitrogens with zero attached hydrogens (tertiary/aromatic N) is 1. The molecule has 0 radical (unpaired) electrons. The Labute approximate surface area is 83.3 Å². The van der Waals surface area contributed by atoms with Crippen molar-refractivity contribution >= 4 is 6.09 Å². The van der Waals surface area contributed by atoms with Crippen LogP contribution in [0, 0.1) is 30.1 Å². The SMILES string of the molecule is C#C[C@H]1[C@H]2CN(CCNC(=O)O)C[C@@H]12. The van der Waals surface area contributed by atoms with E-state index in [1.54, 1.807) is 0 Å². The van der Waals surface area contributed by atoms with Crippen LogP contribution in [0.3, 0.4) is 0 Å². The molecule has 1 saturated carbocycles. The summed E-state index contributed by atoms with van der Waals surface area (Å²) in [4.78, 5) is 12.5. The van der Waals surface area contributed by atoms with Crippen molar-refractivity contribution in [1.82, 2.24) is 10.2 Å². The molecule has 0 aromatic heterocycles. The number of likely N-dealkylation sites (tertiary alicyclic amines) is 1. The molecule has 0 unspecified atom stereocenters. The van der Waals surface area contributed by atoms with E-state index in [9.17, 15) is 4.79 Å². The van der Waals surface area contributed by atoms with Gasteiger partial charge >= 0.3 is 6.09 Å². The highest BCUT2D eigenvalue weighted by Crippen LogP contribution is 2.50. The maximum absolute atomic E-state index is 10.2. The molecule has 2 fully saturated rings. The Morgan fingerprint density at radius 3 is 2.71 bits per heavy atom. The number of rotatable bonds is 3. The highest BCUT2D eigenvalue weighted by molar-refractivity contribution is 5.64. The van der Waals surface area contributed by atoms with Gasteiger partial charge in [-0.2, -0.15) is 0 Å². The van der Waals surface area contributed by atoms with Crippen molar-refractivity contribution in [1.29, 1.82) is 0 Å². The summed E-state index contributed by atoms with van der Waals surface area (Å²) < 4.78 is 0. The predicted octanol–water partition coefficient (Wildman–Crippen LogP) is 0.0650. The van der Waals surface area contributed by atoms with Crippen LogP contribution >= 0.6 is 0 Å². The first-order chi connectivity index (χ1) is 6.72. The molecule has 0 aromatic rings.